The quantitative estimate of drug-likeness (QED) is 0.622. The zero-order valence-electron chi connectivity index (χ0n) is 9.47. The molecule has 0 saturated carbocycles. The zero-order chi connectivity index (χ0) is 14.4. The fourth-order valence-corrected chi connectivity index (χ4v) is 2.07. The summed E-state index contributed by atoms with van der Waals surface area (Å²) in [6.45, 7) is 1.57. The van der Waals surface area contributed by atoms with Gasteiger partial charge in [0.2, 0.25) is 0 Å². The highest BCUT2D eigenvalue weighted by Gasteiger charge is 2.37. The molecule has 0 unspecified atom stereocenters. The van der Waals surface area contributed by atoms with Gasteiger partial charge in [0.25, 0.3) is 12.2 Å². The molecule has 0 atom stereocenters. The first-order valence-corrected chi connectivity index (χ1v) is 5.57. The highest BCUT2D eigenvalue weighted by atomic mass is 35.5. The molecule has 0 amide bonds. The lowest BCUT2D eigenvalue weighted by atomic mass is 10.1. The Morgan fingerprint density at radius 3 is 2.47 bits per heavy atom. The Hall–Kier alpha value is -1.44. The van der Waals surface area contributed by atoms with Crippen LogP contribution in [0.15, 0.2) is 6.07 Å². The van der Waals surface area contributed by atoms with Crippen molar-refractivity contribution < 1.29 is 22.0 Å². The number of hydrogen-bond donors (Lipinski definition) is 0. The number of hydrogen-bond acceptors (Lipinski definition) is 2. The van der Waals surface area contributed by atoms with E-state index in [9.17, 15) is 22.0 Å². The van der Waals surface area contributed by atoms with Gasteiger partial charge in [0.15, 0.2) is 5.65 Å². The average Bonchev–Trinajstić information content (AvgIpc) is 2.72. The van der Waals surface area contributed by atoms with E-state index < -0.39 is 24.0 Å². The molecule has 0 aliphatic carbocycles. The van der Waals surface area contributed by atoms with Gasteiger partial charge in [-0.3, -0.25) is 0 Å². The summed E-state index contributed by atoms with van der Waals surface area (Å²) < 4.78 is 63.8. The van der Waals surface area contributed by atoms with Crippen LogP contribution in [0.25, 0.3) is 5.65 Å². The predicted molar refractivity (Wildman–Crippen MR) is 57.3 cm³/mol. The first-order valence-electron chi connectivity index (χ1n) is 5.19. The lowest BCUT2D eigenvalue weighted by Gasteiger charge is -2.09. The summed E-state index contributed by atoms with van der Waals surface area (Å²) in [5, 5.41) is 2.92. The van der Waals surface area contributed by atoms with Crippen molar-refractivity contribution in [2.75, 3.05) is 0 Å². The maximum atomic E-state index is 12.8. The number of alkyl halides is 5. The van der Waals surface area contributed by atoms with E-state index in [1.165, 1.54) is 0 Å². The van der Waals surface area contributed by atoms with E-state index in [-0.39, 0.29) is 22.8 Å². The lowest BCUT2D eigenvalue weighted by molar-refractivity contribution is -0.144. The SMILES string of the molecule is CCc1c(C(F)F)cc2nc(C(F)(F)F)nn2c1Cl. The number of fused-ring (bicyclic) bond motifs is 1. The minimum atomic E-state index is -4.76. The Kier molecular flexibility index (Phi) is 3.38. The van der Waals surface area contributed by atoms with E-state index >= 15 is 0 Å². The number of nitrogens with zero attached hydrogens (tertiary/aromatic N) is 3. The maximum absolute atomic E-state index is 12.8. The number of pyridine rings is 1. The summed E-state index contributed by atoms with van der Waals surface area (Å²) in [5.74, 6) is -1.41. The Morgan fingerprint density at radius 1 is 1.37 bits per heavy atom. The van der Waals surface area contributed by atoms with Crippen molar-refractivity contribution in [3.05, 3.63) is 28.2 Å². The van der Waals surface area contributed by atoms with Gasteiger partial charge < -0.3 is 0 Å². The Bertz CT molecular complexity index is 620. The molecule has 0 saturated heterocycles. The zero-order valence-corrected chi connectivity index (χ0v) is 10.2. The van der Waals surface area contributed by atoms with Gasteiger partial charge in [-0.25, -0.2) is 18.3 Å². The third kappa shape index (κ3) is 2.36. The van der Waals surface area contributed by atoms with Crippen molar-refractivity contribution >= 4 is 17.2 Å². The largest absolute Gasteiger partial charge is 0.453 e. The molecular formula is C10H7ClF5N3. The smallest absolute Gasteiger partial charge is 0.205 e. The molecule has 104 valence electrons. The van der Waals surface area contributed by atoms with Crippen LogP contribution in [0.5, 0.6) is 0 Å². The van der Waals surface area contributed by atoms with E-state index in [1.807, 2.05) is 0 Å². The van der Waals surface area contributed by atoms with Crippen LogP contribution in [-0.4, -0.2) is 14.6 Å². The first kappa shape index (κ1) is 14.0. The van der Waals surface area contributed by atoms with E-state index in [1.54, 1.807) is 6.92 Å². The van der Waals surface area contributed by atoms with E-state index in [2.05, 4.69) is 10.1 Å². The minimum absolute atomic E-state index is 0.0581. The van der Waals surface area contributed by atoms with Crippen molar-refractivity contribution in [1.29, 1.82) is 0 Å². The molecule has 0 N–H and O–H groups in total. The molecule has 0 aromatic carbocycles. The molecule has 3 nitrogen and oxygen atoms in total. The van der Waals surface area contributed by atoms with Crippen LogP contribution in [0, 0.1) is 0 Å². The van der Waals surface area contributed by atoms with Gasteiger partial charge >= 0.3 is 6.18 Å². The highest BCUT2D eigenvalue weighted by Crippen LogP contribution is 2.32. The summed E-state index contributed by atoms with van der Waals surface area (Å²) in [7, 11) is 0. The van der Waals surface area contributed by atoms with Gasteiger partial charge in [-0.05, 0) is 18.1 Å². The molecule has 0 bridgehead atoms. The molecule has 2 heterocycles. The van der Waals surface area contributed by atoms with Crippen LogP contribution in [-0.2, 0) is 12.6 Å². The molecule has 19 heavy (non-hydrogen) atoms. The van der Waals surface area contributed by atoms with Gasteiger partial charge in [-0.15, -0.1) is 5.10 Å². The molecule has 2 aromatic heterocycles. The number of halogens is 6. The molecule has 0 radical (unpaired) electrons. The topological polar surface area (TPSA) is 30.2 Å². The molecule has 0 aliphatic heterocycles. The molecule has 0 aliphatic rings. The second-order valence-corrected chi connectivity index (χ2v) is 4.08. The van der Waals surface area contributed by atoms with E-state index in [0.29, 0.717) is 0 Å². The average molecular weight is 300 g/mol. The van der Waals surface area contributed by atoms with Crippen LogP contribution < -0.4 is 0 Å². The Morgan fingerprint density at radius 2 is 2.00 bits per heavy atom. The fraction of sp³-hybridized carbons (Fsp3) is 0.400. The Balaban J connectivity index is 2.76. The van der Waals surface area contributed by atoms with Crippen molar-refractivity contribution in [3.8, 4) is 0 Å². The van der Waals surface area contributed by atoms with E-state index in [4.69, 9.17) is 11.6 Å². The second-order valence-electron chi connectivity index (χ2n) is 3.73. The molecule has 9 heteroatoms. The van der Waals surface area contributed by atoms with Crippen LogP contribution in [0.4, 0.5) is 22.0 Å². The molecular weight excluding hydrogens is 293 g/mol. The van der Waals surface area contributed by atoms with Gasteiger partial charge in [0.05, 0.1) is 0 Å². The van der Waals surface area contributed by atoms with Crippen molar-refractivity contribution in [3.63, 3.8) is 0 Å². The molecule has 0 fully saturated rings. The third-order valence-electron chi connectivity index (χ3n) is 2.54. The molecule has 2 aromatic rings. The van der Waals surface area contributed by atoms with Gasteiger partial charge in [-0.2, -0.15) is 13.2 Å². The highest BCUT2D eigenvalue weighted by molar-refractivity contribution is 6.30. The van der Waals surface area contributed by atoms with Crippen molar-refractivity contribution in [2.45, 2.75) is 25.9 Å². The van der Waals surface area contributed by atoms with Crippen LogP contribution >= 0.6 is 11.6 Å². The van der Waals surface area contributed by atoms with Crippen LogP contribution in [0.1, 0.15) is 30.3 Å². The van der Waals surface area contributed by atoms with E-state index in [0.717, 1.165) is 10.6 Å². The lowest BCUT2D eigenvalue weighted by Crippen LogP contribution is -2.08. The van der Waals surface area contributed by atoms with Crippen LogP contribution in [0.2, 0.25) is 5.15 Å². The number of aromatic nitrogens is 3. The summed E-state index contributed by atoms with van der Waals surface area (Å²) in [5.41, 5.74) is -0.728. The van der Waals surface area contributed by atoms with Gasteiger partial charge in [-0.1, -0.05) is 18.5 Å². The summed E-state index contributed by atoms with van der Waals surface area (Å²) in [4.78, 5) is 3.17. The maximum Gasteiger partial charge on any atom is 0.453 e. The fourth-order valence-electron chi connectivity index (χ4n) is 1.70. The Labute approximate surface area is 109 Å². The normalized spacial score (nSPS) is 12.6. The summed E-state index contributed by atoms with van der Waals surface area (Å²) in [6, 6.07) is 0.873. The molecule has 0 spiro atoms. The van der Waals surface area contributed by atoms with Crippen molar-refractivity contribution in [2.24, 2.45) is 0 Å². The summed E-state index contributed by atoms with van der Waals surface area (Å²) in [6.07, 6.45) is -7.45. The third-order valence-corrected chi connectivity index (χ3v) is 2.93. The standard InChI is InChI=1S/C10H7ClF5N3/c1-2-4-5(8(12)13)3-6-17-9(10(14,15)16)18-19(6)7(4)11/h3,8H,2H2,1H3. The van der Waals surface area contributed by atoms with Crippen molar-refractivity contribution in [1.82, 2.24) is 14.6 Å². The monoisotopic (exact) mass is 299 g/mol. The van der Waals surface area contributed by atoms with Gasteiger partial charge in [0.1, 0.15) is 5.15 Å². The number of rotatable bonds is 2. The van der Waals surface area contributed by atoms with Gasteiger partial charge in [0, 0.05) is 5.56 Å². The van der Waals surface area contributed by atoms with Crippen LogP contribution in [0.3, 0.4) is 0 Å². The second kappa shape index (κ2) is 4.59. The summed E-state index contributed by atoms with van der Waals surface area (Å²) >= 11 is 5.81. The predicted octanol–water partition coefficient (Wildman–Crippen LogP) is 3.90. The molecule has 2 rings (SSSR count). The first-order chi connectivity index (χ1) is 8.75. The minimum Gasteiger partial charge on any atom is -0.205 e.